The van der Waals surface area contributed by atoms with Gasteiger partial charge in [0, 0.05) is 10.2 Å². The second-order valence-electron chi connectivity index (χ2n) is 4.01. The molecule has 6 heteroatoms. The van der Waals surface area contributed by atoms with Crippen LogP contribution in [0.4, 0.5) is 5.95 Å². The lowest BCUT2D eigenvalue weighted by Crippen LogP contribution is -2.16. The molecule has 0 atom stereocenters. The fourth-order valence-electron chi connectivity index (χ4n) is 1.59. The highest BCUT2D eigenvalue weighted by Gasteiger charge is 2.07. The van der Waals surface area contributed by atoms with Crippen LogP contribution >= 0.6 is 27.5 Å². The highest BCUT2D eigenvalue weighted by Crippen LogP contribution is 2.13. The summed E-state index contributed by atoms with van der Waals surface area (Å²) in [4.78, 5) is 19.9. The number of benzene rings is 1. The van der Waals surface area contributed by atoms with Crippen molar-refractivity contribution in [2.75, 3.05) is 5.32 Å². The molecule has 0 aliphatic rings. The molecule has 0 radical (unpaired) electrons. The molecule has 2 rings (SSSR count). The summed E-state index contributed by atoms with van der Waals surface area (Å²) >= 11 is 9.17. The first-order valence-corrected chi connectivity index (χ1v) is 6.75. The van der Waals surface area contributed by atoms with Gasteiger partial charge < -0.3 is 0 Å². The van der Waals surface area contributed by atoms with Gasteiger partial charge in [0.15, 0.2) is 0 Å². The molecule has 1 aromatic carbocycles. The Labute approximate surface area is 124 Å². The fourth-order valence-corrected chi connectivity index (χ4v) is 2.27. The molecule has 4 nitrogen and oxygen atoms in total. The lowest BCUT2D eigenvalue weighted by Gasteiger charge is -2.05. The molecule has 0 saturated carbocycles. The summed E-state index contributed by atoms with van der Waals surface area (Å²) in [6.45, 7) is 1.79. The van der Waals surface area contributed by atoms with Gasteiger partial charge in [0.25, 0.3) is 0 Å². The Balaban J connectivity index is 2.05. The number of carbonyl (C=O) groups excluding carboxylic acids is 1. The lowest BCUT2D eigenvalue weighted by atomic mass is 10.1. The topological polar surface area (TPSA) is 54.9 Å². The summed E-state index contributed by atoms with van der Waals surface area (Å²) in [7, 11) is 0. The molecule has 1 amide bonds. The summed E-state index contributed by atoms with van der Waals surface area (Å²) < 4.78 is 0.938. The molecule has 1 heterocycles. The minimum absolute atomic E-state index is 0.181. The smallest absolute Gasteiger partial charge is 0.231 e. The van der Waals surface area contributed by atoms with Gasteiger partial charge in [-0.1, -0.05) is 39.7 Å². The minimum Gasteiger partial charge on any atom is -0.294 e. The minimum atomic E-state index is -0.181. The molecule has 98 valence electrons. The molecule has 0 fully saturated rings. The number of nitrogens with zero attached hydrogens (tertiary/aromatic N) is 2. The van der Waals surface area contributed by atoms with E-state index < -0.39 is 0 Å². The zero-order chi connectivity index (χ0) is 13.8. The number of aryl methyl sites for hydroxylation is 1. The zero-order valence-corrected chi connectivity index (χ0v) is 12.5. The molecule has 0 saturated heterocycles. The summed E-state index contributed by atoms with van der Waals surface area (Å²) in [6, 6.07) is 9.20. The van der Waals surface area contributed by atoms with Crippen molar-refractivity contribution in [1.29, 1.82) is 0 Å². The van der Waals surface area contributed by atoms with E-state index >= 15 is 0 Å². The Kier molecular flexibility index (Phi) is 4.50. The fraction of sp³-hybridized carbons (Fsp3) is 0.154. The summed E-state index contributed by atoms with van der Waals surface area (Å²) in [6.07, 6.45) is 0.258. The predicted molar refractivity (Wildman–Crippen MR) is 78.3 cm³/mol. The highest BCUT2D eigenvalue weighted by molar-refractivity contribution is 9.10. The third-order valence-corrected chi connectivity index (χ3v) is 3.01. The summed E-state index contributed by atoms with van der Waals surface area (Å²) in [5.74, 6) is 0.0461. The molecule has 0 aliphatic heterocycles. The van der Waals surface area contributed by atoms with Crippen molar-refractivity contribution in [2.24, 2.45) is 0 Å². The molecular formula is C13H11BrClN3O. The van der Waals surface area contributed by atoms with E-state index in [9.17, 15) is 4.79 Å². The monoisotopic (exact) mass is 339 g/mol. The first kappa shape index (κ1) is 14.0. The zero-order valence-electron chi connectivity index (χ0n) is 10.2. The van der Waals surface area contributed by atoms with Crippen LogP contribution in [0.5, 0.6) is 0 Å². The maximum atomic E-state index is 11.9. The van der Waals surface area contributed by atoms with E-state index in [0.717, 1.165) is 10.0 Å². The van der Waals surface area contributed by atoms with Crippen LogP contribution in [-0.2, 0) is 11.2 Å². The van der Waals surface area contributed by atoms with Crippen LogP contribution in [0.25, 0.3) is 0 Å². The number of amides is 1. The normalized spacial score (nSPS) is 10.3. The van der Waals surface area contributed by atoms with Crippen LogP contribution in [0.1, 0.15) is 11.3 Å². The average Bonchev–Trinajstić information content (AvgIpc) is 2.26. The molecule has 2 aromatic rings. The van der Waals surface area contributed by atoms with Gasteiger partial charge in [0.1, 0.15) is 5.15 Å². The first-order valence-electron chi connectivity index (χ1n) is 5.58. The van der Waals surface area contributed by atoms with Crippen LogP contribution in [0.3, 0.4) is 0 Å². The lowest BCUT2D eigenvalue weighted by molar-refractivity contribution is -0.115. The number of carbonyl (C=O) groups is 1. The van der Waals surface area contributed by atoms with E-state index in [0.29, 0.717) is 10.8 Å². The SMILES string of the molecule is Cc1cc(Cl)nc(NC(=O)Cc2cccc(Br)c2)n1. The van der Waals surface area contributed by atoms with Crippen molar-refractivity contribution in [3.05, 3.63) is 51.2 Å². The summed E-state index contributed by atoms with van der Waals surface area (Å²) in [5, 5.41) is 2.94. The Morgan fingerprint density at radius 2 is 2.16 bits per heavy atom. The van der Waals surface area contributed by atoms with Gasteiger partial charge in [0.2, 0.25) is 11.9 Å². The quantitative estimate of drug-likeness (QED) is 0.872. The molecule has 19 heavy (non-hydrogen) atoms. The largest absolute Gasteiger partial charge is 0.294 e. The Hall–Kier alpha value is -1.46. The third-order valence-electron chi connectivity index (χ3n) is 2.33. The number of hydrogen-bond donors (Lipinski definition) is 1. The standard InChI is InChI=1S/C13H11BrClN3O/c1-8-5-11(15)17-13(16-8)18-12(19)7-9-3-2-4-10(14)6-9/h2-6H,7H2,1H3,(H,16,17,18,19). The van der Waals surface area contributed by atoms with Crippen molar-refractivity contribution in [3.63, 3.8) is 0 Å². The van der Waals surface area contributed by atoms with Gasteiger partial charge in [-0.3, -0.25) is 10.1 Å². The molecule has 0 aliphatic carbocycles. The number of anilines is 1. The Bertz CT molecular complexity index is 598. The van der Waals surface area contributed by atoms with Crippen LogP contribution < -0.4 is 5.32 Å². The molecular weight excluding hydrogens is 330 g/mol. The van der Waals surface area contributed by atoms with E-state index in [1.54, 1.807) is 13.0 Å². The average molecular weight is 341 g/mol. The van der Waals surface area contributed by atoms with Crippen LogP contribution in [-0.4, -0.2) is 15.9 Å². The van der Waals surface area contributed by atoms with E-state index in [2.05, 4.69) is 31.2 Å². The number of hydrogen-bond acceptors (Lipinski definition) is 3. The highest BCUT2D eigenvalue weighted by atomic mass is 79.9. The van der Waals surface area contributed by atoms with Crippen molar-refractivity contribution in [2.45, 2.75) is 13.3 Å². The number of nitrogens with one attached hydrogen (secondary N) is 1. The van der Waals surface area contributed by atoms with Crippen molar-refractivity contribution >= 4 is 39.4 Å². The van der Waals surface area contributed by atoms with E-state index in [1.807, 2.05) is 24.3 Å². The molecule has 0 unspecified atom stereocenters. The van der Waals surface area contributed by atoms with Crippen LogP contribution in [0, 0.1) is 6.92 Å². The van der Waals surface area contributed by atoms with E-state index in [-0.39, 0.29) is 18.3 Å². The second kappa shape index (κ2) is 6.12. The predicted octanol–water partition coefficient (Wildman–Crippen LogP) is 3.38. The van der Waals surface area contributed by atoms with Crippen molar-refractivity contribution < 1.29 is 4.79 Å². The Morgan fingerprint density at radius 3 is 2.84 bits per heavy atom. The van der Waals surface area contributed by atoms with Gasteiger partial charge in [-0.15, -0.1) is 0 Å². The first-order chi connectivity index (χ1) is 9.02. The van der Waals surface area contributed by atoms with Gasteiger partial charge in [-0.05, 0) is 30.7 Å². The van der Waals surface area contributed by atoms with Crippen molar-refractivity contribution in [1.82, 2.24) is 9.97 Å². The number of aromatic nitrogens is 2. The third kappa shape index (κ3) is 4.29. The van der Waals surface area contributed by atoms with Gasteiger partial charge in [-0.25, -0.2) is 9.97 Å². The molecule has 1 N–H and O–H groups in total. The van der Waals surface area contributed by atoms with Gasteiger partial charge >= 0.3 is 0 Å². The van der Waals surface area contributed by atoms with E-state index in [4.69, 9.17) is 11.6 Å². The van der Waals surface area contributed by atoms with Crippen molar-refractivity contribution in [3.8, 4) is 0 Å². The summed E-state index contributed by atoms with van der Waals surface area (Å²) in [5.41, 5.74) is 1.61. The maximum Gasteiger partial charge on any atom is 0.231 e. The number of rotatable bonds is 3. The van der Waals surface area contributed by atoms with Gasteiger partial charge in [0.05, 0.1) is 6.42 Å². The molecule has 0 spiro atoms. The second-order valence-corrected chi connectivity index (χ2v) is 5.31. The Morgan fingerprint density at radius 1 is 1.37 bits per heavy atom. The maximum absolute atomic E-state index is 11.9. The van der Waals surface area contributed by atoms with Crippen LogP contribution in [0.15, 0.2) is 34.8 Å². The van der Waals surface area contributed by atoms with Gasteiger partial charge in [-0.2, -0.15) is 0 Å². The molecule has 0 bridgehead atoms. The number of halogens is 2. The van der Waals surface area contributed by atoms with Crippen LogP contribution in [0.2, 0.25) is 5.15 Å². The van der Waals surface area contributed by atoms with E-state index in [1.165, 1.54) is 0 Å². The molecule has 1 aromatic heterocycles.